The molecule has 0 aromatic heterocycles. The zero-order chi connectivity index (χ0) is 15.8. The van der Waals surface area contributed by atoms with Crippen molar-refractivity contribution in [1.82, 2.24) is 26.8 Å². The standard InChI is InChI=1S/C17H31N5O/c1-10(23)21-13-4-12(6-18-7-13)11-2-3-16-14(5-11)15-8-20-22-17(15)9-19-16/h11-20,22H,2-9H2,1H3,(H,21,23). The van der Waals surface area contributed by atoms with Gasteiger partial charge in [0.25, 0.3) is 0 Å². The Morgan fingerprint density at radius 1 is 0.957 bits per heavy atom. The molecule has 6 heteroatoms. The number of rotatable bonds is 2. The van der Waals surface area contributed by atoms with E-state index < -0.39 is 0 Å². The van der Waals surface area contributed by atoms with Crippen LogP contribution >= 0.6 is 0 Å². The summed E-state index contributed by atoms with van der Waals surface area (Å²) in [5.41, 5.74) is 6.81. The maximum Gasteiger partial charge on any atom is 0.217 e. The number of fused-ring (bicyclic) bond motifs is 3. The highest BCUT2D eigenvalue weighted by Crippen LogP contribution is 2.42. The minimum absolute atomic E-state index is 0.101. The molecule has 0 aromatic carbocycles. The van der Waals surface area contributed by atoms with Crippen LogP contribution < -0.4 is 26.8 Å². The first-order valence-electron chi connectivity index (χ1n) is 9.40. The molecule has 130 valence electrons. The van der Waals surface area contributed by atoms with Crippen LogP contribution in [-0.2, 0) is 4.79 Å². The van der Waals surface area contributed by atoms with Crippen LogP contribution in [0.3, 0.4) is 0 Å². The third-order valence-corrected chi connectivity index (χ3v) is 6.69. The molecular formula is C17H31N5O. The molecule has 7 atom stereocenters. The minimum Gasteiger partial charge on any atom is -0.352 e. The molecule has 1 aliphatic carbocycles. The summed E-state index contributed by atoms with van der Waals surface area (Å²) in [6.07, 6.45) is 5.15. The van der Waals surface area contributed by atoms with Crippen molar-refractivity contribution < 1.29 is 4.79 Å². The van der Waals surface area contributed by atoms with E-state index >= 15 is 0 Å². The predicted octanol–water partition coefficient (Wildman–Crippen LogP) is -0.419. The van der Waals surface area contributed by atoms with Crippen molar-refractivity contribution in [2.45, 2.75) is 50.7 Å². The quantitative estimate of drug-likeness (QED) is 0.478. The SMILES string of the molecule is CC(=O)NC1CNCC(C2CCC3NCC4NNCC4C3C2)C1. The first-order valence-corrected chi connectivity index (χ1v) is 9.40. The Labute approximate surface area is 138 Å². The van der Waals surface area contributed by atoms with E-state index in [1.165, 1.54) is 19.3 Å². The van der Waals surface area contributed by atoms with Gasteiger partial charge in [-0.3, -0.25) is 15.6 Å². The Hall–Kier alpha value is -0.690. The second kappa shape index (κ2) is 6.67. The molecule has 0 bridgehead atoms. The third-order valence-electron chi connectivity index (χ3n) is 6.69. The van der Waals surface area contributed by atoms with Crippen LogP contribution in [0.25, 0.3) is 0 Å². The van der Waals surface area contributed by atoms with Crippen molar-refractivity contribution in [2.75, 3.05) is 26.2 Å². The van der Waals surface area contributed by atoms with Gasteiger partial charge in [-0.15, -0.1) is 0 Å². The molecule has 23 heavy (non-hydrogen) atoms. The van der Waals surface area contributed by atoms with E-state index in [1.54, 1.807) is 6.92 Å². The molecule has 0 aromatic rings. The van der Waals surface area contributed by atoms with Crippen molar-refractivity contribution in [1.29, 1.82) is 0 Å². The van der Waals surface area contributed by atoms with E-state index in [-0.39, 0.29) is 5.91 Å². The van der Waals surface area contributed by atoms with Crippen LogP contribution in [0.1, 0.15) is 32.6 Å². The molecular weight excluding hydrogens is 290 g/mol. The second-order valence-corrected chi connectivity index (χ2v) is 8.10. The van der Waals surface area contributed by atoms with Gasteiger partial charge in [0.05, 0.1) is 0 Å². The number of nitrogens with one attached hydrogen (secondary N) is 5. The molecule has 3 heterocycles. The number of piperidine rings is 2. The Morgan fingerprint density at radius 2 is 1.87 bits per heavy atom. The van der Waals surface area contributed by atoms with E-state index in [4.69, 9.17) is 0 Å². The van der Waals surface area contributed by atoms with Crippen LogP contribution in [0.5, 0.6) is 0 Å². The average Bonchev–Trinajstić information content (AvgIpc) is 3.03. The Morgan fingerprint density at radius 3 is 2.74 bits per heavy atom. The van der Waals surface area contributed by atoms with Crippen LogP contribution in [0.2, 0.25) is 0 Å². The van der Waals surface area contributed by atoms with Gasteiger partial charge < -0.3 is 16.0 Å². The lowest BCUT2D eigenvalue weighted by atomic mass is 9.64. The van der Waals surface area contributed by atoms with E-state index in [2.05, 4.69) is 26.8 Å². The minimum atomic E-state index is 0.101. The van der Waals surface area contributed by atoms with Gasteiger partial charge in [-0.25, -0.2) is 0 Å². The topological polar surface area (TPSA) is 77.2 Å². The van der Waals surface area contributed by atoms with Crippen LogP contribution in [0.15, 0.2) is 0 Å². The fourth-order valence-electron chi connectivity index (χ4n) is 5.61. The monoisotopic (exact) mass is 321 g/mol. The molecule has 7 unspecified atom stereocenters. The first kappa shape index (κ1) is 15.8. The van der Waals surface area contributed by atoms with Crippen molar-refractivity contribution in [2.24, 2.45) is 23.7 Å². The molecule has 1 saturated carbocycles. The van der Waals surface area contributed by atoms with Crippen molar-refractivity contribution in [3.8, 4) is 0 Å². The molecule has 3 aliphatic heterocycles. The van der Waals surface area contributed by atoms with E-state index in [0.29, 0.717) is 18.0 Å². The van der Waals surface area contributed by atoms with Crippen LogP contribution in [0.4, 0.5) is 0 Å². The van der Waals surface area contributed by atoms with Gasteiger partial charge in [0.15, 0.2) is 0 Å². The summed E-state index contributed by atoms with van der Waals surface area (Å²) in [7, 11) is 0. The van der Waals surface area contributed by atoms with E-state index in [1.807, 2.05) is 0 Å². The highest BCUT2D eigenvalue weighted by Gasteiger charge is 2.45. The summed E-state index contributed by atoms with van der Waals surface area (Å²) < 4.78 is 0. The van der Waals surface area contributed by atoms with Crippen LogP contribution in [0, 0.1) is 23.7 Å². The van der Waals surface area contributed by atoms with Gasteiger partial charge in [0, 0.05) is 44.7 Å². The number of hydrogen-bond acceptors (Lipinski definition) is 5. The maximum absolute atomic E-state index is 11.3. The summed E-state index contributed by atoms with van der Waals surface area (Å²) in [5, 5.41) is 10.4. The summed E-state index contributed by atoms with van der Waals surface area (Å²) in [5.74, 6) is 3.21. The summed E-state index contributed by atoms with van der Waals surface area (Å²) in [6.45, 7) is 5.91. The molecule has 3 saturated heterocycles. The van der Waals surface area contributed by atoms with Gasteiger partial charge in [0.2, 0.25) is 5.91 Å². The fourth-order valence-corrected chi connectivity index (χ4v) is 5.61. The Bertz CT molecular complexity index is 445. The first-order chi connectivity index (χ1) is 11.2. The Kier molecular flexibility index (Phi) is 4.58. The lowest BCUT2D eigenvalue weighted by molar-refractivity contribution is -0.119. The molecule has 5 N–H and O–H groups in total. The zero-order valence-corrected chi connectivity index (χ0v) is 14.1. The van der Waals surface area contributed by atoms with Gasteiger partial charge in [-0.1, -0.05) is 0 Å². The lowest BCUT2D eigenvalue weighted by Gasteiger charge is -2.48. The number of carbonyl (C=O) groups excluding carboxylic acids is 1. The third kappa shape index (κ3) is 3.27. The number of hydrogen-bond donors (Lipinski definition) is 5. The zero-order valence-electron chi connectivity index (χ0n) is 14.1. The summed E-state index contributed by atoms with van der Waals surface area (Å²) in [6, 6.07) is 1.64. The van der Waals surface area contributed by atoms with Gasteiger partial charge >= 0.3 is 0 Å². The van der Waals surface area contributed by atoms with Gasteiger partial charge in [0.1, 0.15) is 0 Å². The normalized spacial score (nSPS) is 46.7. The number of amides is 1. The van der Waals surface area contributed by atoms with Crippen molar-refractivity contribution in [3.05, 3.63) is 0 Å². The van der Waals surface area contributed by atoms with E-state index in [0.717, 1.165) is 56.4 Å². The molecule has 4 aliphatic rings. The molecule has 4 rings (SSSR count). The second-order valence-electron chi connectivity index (χ2n) is 8.10. The molecule has 4 fully saturated rings. The summed E-state index contributed by atoms with van der Waals surface area (Å²) >= 11 is 0. The predicted molar refractivity (Wildman–Crippen MR) is 89.6 cm³/mol. The number of carbonyl (C=O) groups is 1. The summed E-state index contributed by atoms with van der Waals surface area (Å²) in [4.78, 5) is 11.3. The molecule has 1 amide bonds. The molecule has 6 nitrogen and oxygen atoms in total. The fraction of sp³-hybridized carbons (Fsp3) is 0.941. The largest absolute Gasteiger partial charge is 0.352 e. The molecule has 0 spiro atoms. The highest BCUT2D eigenvalue weighted by atomic mass is 16.1. The highest BCUT2D eigenvalue weighted by molar-refractivity contribution is 5.73. The average molecular weight is 321 g/mol. The molecule has 0 radical (unpaired) electrons. The lowest BCUT2D eigenvalue weighted by Crippen LogP contribution is -2.58. The van der Waals surface area contributed by atoms with Gasteiger partial charge in [-0.05, 0) is 55.9 Å². The van der Waals surface area contributed by atoms with Crippen LogP contribution in [-0.4, -0.2) is 50.2 Å². The maximum atomic E-state index is 11.3. The number of hydrazine groups is 1. The van der Waals surface area contributed by atoms with Crippen molar-refractivity contribution in [3.63, 3.8) is 0 Å². The van der Waals surface area contributed by atoms with Crippen molar-refractivity contribution >= 4 is 5.91 Å². The smallest absolute Gasteiger partial charge is 0.217 e. The van der Waals surface area contributed by atoms with Gasteiger partial charge in [-0.2, -0.15) is 0 Å². The Balaban J connectivity index is 1.39. The van der Waals surface area contributed by atoms with E-state index in [9.17, 15) is 4.79 Å².